The molecule has 0 bridgehead atoms. The molecule has 1 heterocycles. The van der Waals surface area contributed by atoms with Crippen LogP contribution in [0.5, 0.6) is 0 Å². The maximum atomic E-state index is 9.53. The summed E-state index contributed by atoms with van der Waals surface area (Å²) >= 11 is 0. The summed E-state index contributed by atoms with van der Waals surface area (Å²) in [5, 5.41) is 13.4. The lowest BCUT2D eigenvalue weighted by molar-refractivity contribution is -0.920. The lowest BCUT2D eigenvalue weighted by Crippen LogP contribution is -3.17. The molecule has 0 aromatic carbocycles. The lowest BCUT2D eigenvalue weighted by Gasteiger charge is -2.33. The second kappa shape index (κ2) is 5.52. The monoisotopic (exact) mass is 238 g/mol. The Labute approximate surface area is 104 Å². The van der Waals surface area contributed by atoms with Crippen LogP contribution in [0.2, 0.25) is 0 Å². The number of piperidine rings is 1. The van der Waals surface area contributed by atoms with E-state index < -0.39 is 5.60 Å². The van der Waals surface area contributed by atoms with Crippen molar-refractivity contribution in [2.24, 2.45) is 16.9 Å². The van der Waals surface area contributed by atoms with E-state index in [1.165, 1.54) is 4.90 Å². The van der Waals surface area contributed by atoms with Gasteiger partial charge in [-0.1, -0.05) is 12.8 Å². The molecule has 4 N–H and O–H groups in total. The Hall–Kier alpha value is -1.05. The van der Waals surface area contributed by atoms with Gasteiger partial charge < -0.3 is 15.8 Å². The van der Waals surface area contributed by atoms with E-state index in [9.17, 15) is 5.11 Å². The van der Waals surface area contributed by atoms with E-state index in [1.54, 1.807) is 13.8 Å². The highest BCUT2D eigenvalue weighted by molar-refractivity contribution is 5.87. The summed E-state index contributed by atoms with van der Waals surface area (Å²) in [6.07, 6.45) is 0.942. The fraction of sp³-hybridized carbons (Fsp3) is 0.769. The van der Waals surface area contributed by atoms with Crippen LogP contribution in [0, 0.1) is 17.8 Å². The topological polar surface area (TPSA) is 63.0 Å². The fourth-order valence-corrected chi connectivity index (χ4v) is 2.17. The number of quaternary nitrogens is 1. The maximum absolute atomic E-state index is 9.53. The highest BCUT2D eigenvalue weighted by atomic mass is 16.3. The van der Waals surface area contributed by atoms with Crippen LogP contribution in [0.15, 0.2) is 5.10 Å². The predicted octanol–water partition coefficient (Wildman–Crippen LogP) is -0.611. The van der Waals surface area contributed by atoms with Crippen molar-refractivity contribution < 1.29 is 10.0 Å². The number of hydrazone groups is 1. The minimum Gasteiger partial charge on any atom is -0.378 e. The minimum absolute atomic E-state index is 0.426. The smallest absolute Gasteiger partial charge is 0.139 e. The van der Waals surface area contributed by atoms with Crippen molar-refractivity contribution >= 4 is 5.71 Å². The Morgan fingerprint density at radius 1 is 1.53 bits per heavy atom. The molecule has 0 spiro atoms. The molecule has 1 aliphatic heterocycles. The maximum Gasteiger partial charge on any atom is 0.139 e. The molecule has 4 nitrogen and oxygen atoms in total. The lowest BCUT2D eigenvalue weighted by atomic mass is 9.93. The number of nitrogens with zero attached hydrogens (tertiary/aromatic N) is 1. The van der Waals surface area contributed by atoms with E-state index in [4.69, 9.17) is 5.84 Å². The van der Waals surface area contributed by atoms with Gasteiger partial charge >= 0.3 is 0 Å². The molecule has 0 amide bonds. The third-order valence-corrected chi connectivity index (χ3v) is 3.23. The molecule has 0 aromatic heterocycles. The first-order valence-electron chi connectivity index (χ1n) is 6.17. The molecular weight excluding hydrogens is 214 g/mol. The van der Waals surface area contributed by atoms with Crippen molar-refractivity contribution in [3.63, 3.8) is 0 Å². The number of rotatable bonds is 1. The van der Waals surface area contributed by atoms with Crippen molar-refractivity contribution in [1.82, 2.24) is 0 Å². The molecule has 1 rings (SSSR count). The summed E-state index contributed by atoms with van der Waals surface area (Å²) in [5.41, 5.74) is 0.213. The third-order valence-electron chi connectivity index (χ3n) is 3.23. The van der Waals surface area contributed by atoms with Gasteiger partial charge in [0.05, 0.1) is 18.3 Å². The van der Waals surface area contributed by atoms with Crippen LogP contribution < -0.4 is 10.7 Å². The summed E-state index contributed by atoms with van der Waals surface area (Å²) in [7, 11) is 0. The van der Waals surface area contributed by atoms with Gasteiger partial charge in [-0.3, -0.25) is 0 Å². The first-order chi connectivity index (χ1) is 7.83. The van der Waals surface area contributed by atoms with Crippen LogP contribution in [0.3, 0.4) is 0 Å². The van der Waals surface area contributed by atoms with Crippen molar-refractivity contribution in [3.05, 3.63) is 0 Å². The van der Waals surface area contributed by atoms with Crippen molar-refractivity contribution in [2.45, 2.75) is 45.8 Å². The summed E-state index contributed by atoms with van der Waals surface area (Å²) in [6.45, 7) is 9.54. The Morgan fingerprint density at radius 3 is 2.71 bits per heavy atom. The van der Waals surface area contributed by atoms with Gasteiger partial charge in [0.15, 0.2) is 0 Å². The van der Waals surface area contributed by atoms with E-state index in [-0.39, 0.29) is 0 Å². The first kappa shape index (κ1) is 14.0. The second-order valence-corrected chi connectivity index (χ2v) is 5.53. The fourth-order valence-electron chi connectivity index (χ4n) is 2.17. The van der Waals surface area contributed by atoms with E-state index in [0.29, 0.717) is 12.0 Å². The predicted molar refractivity (Wildman–Crippen MR) is 69.6 cm³/mol. The quantitative estimate of drug-likeness (QED) is 0.324. The third kappa shape index (κ3) is 4.37. The van der Waals surface area contributed by atoms with Gasteiger partial charge in [0.25, 0.3) is 0 Å². The van der Waals surface area contributed by atoms with E-state index in [0.717, 1.165) is 25.2 Å². The summed E-state index contributed by atoms with van der Waals surface area (Å²) < 4.78 is 0. The molecule has 1 fully saturated rings. The summed E-state index contributed by atoms with van der Waals surface area (Å²) in [4.78, 5) is 1.45. The summed E-state index contributed by atoms with van der Waals surface area (Å²) in [6, 6.07) is 0.490. The largest absolute Gasteiger partial charge is 0.378 e. The SMILES string of the molecule is C[C@@H]1C[NH+](CC#CC(C)(C)O)[C@H](C)CC1=NN. The number of nitrogens with two attached hydrogens (primary N) is 1. The van der Waals surface area contributed by atoms with Gasteiger partial charge in [0, 0.05) is 12.3 Å². The Bertz CT molecular complexity index is 346. The van der Waals surface area contributed by atoms with E-state index >= 15 is 0 Å². The molecule has 17 heavy (non-hydrogen) atoms. The van der Waals surface area contributed by atoms with E-state index in [1.807, 2.05) is 0 Å². The Morgan fingerprint density at radius 2 is 2.18 bits per heavy atom. The Kier molecular flexibility index (Phi) is 4.55. The molecule has 1 saturated heterocycles. The van der Waals surface area contributed by atoms with Gasteiger partial charge in [0.2, 0.25) is 0 Å². The molecule has 1 unspecified atom stereocenters. The van der Waals surface area contributed by atoms with Crippen LogP contribution in [-0.2, 0) is 0 Å². The zero-order valence-corrected chi connectivity index (χ0v) is 11.2. The van der Waals surface area contributed by atoms with Gasteiger partial charge in [-0.2, -0.15) is 5.10 Å². The van der Waals surface area contributed by atoms with E-state index in [2.05, 4.69) is 30.8 Å². The second-order valence-electron chi connectivity index (χ2n) is 5.53. The number of likely N-dealkylation sites (tertiary alicyclic amines) is 1. The molecule has 3 atom stereocenters. The van der Waals surface area contributed by atoms with Gasteiger partial charge in [-0.15, -0.1) is 0 Å². The molecule has 0 aromatic rings. The van der Waals surface area contributed by atoms with Gasteiger partial charge in [0.1, 0.15) is 12.1 Å². The normalized spacial score (nSPS) is 32.1. The molecule has 0 saturated carbocycles. The van der Waals surface area contributed by atoms with Gasteiger partial charge in [-0.25, -0.2) is 0 Å². The first-order valence-corrected chi connectivity index (χ1v) is 6.17. The average molecular weight is 238 g/mol. The van der Waals surface area contributed by atoms with Crippen LogP contribution in [0.1, 0.15) is 34.1 Å². The zero-order valence-electron chi connectivity index (χ0n) is 11.2. The van der Waals surface area contributed by atoms with Crippen molar-refractivity contribution in [1.29, 1.82) is 0 Å². The minimum atomic E-state index is -0.895. The van der Waals surface area contributed by atoms with Crippen LogP contribution in [-0.4, -0.2) is 35.6 Å². The van der Waals surface area contributed by atoms with Gasteiger partial charge in [-0.05, 0) is 26.7 Å². The molecule has 0 radical (unpaired) electrons. The van der Waals surface area contributed by atoms with Crippen LogP contribution >= 0.6 is 0 Å². The number of nitrogens with one attached hydrogen (secondary N) is 1. The average Bonchev–Trinajstić information content (AvgIpc) is 2.20. The van der Waals surface area contributed by atoms with Crippen molar-refractivity contribution in [3.8, 4) is 11.8 Å². The molecule has 96 valence electrons. The van der Waals surface area contributed by atoms with Crippen LogP contribution in [0.4, 0.5) is 0 Å². The molecule has 4 heteroatoms. The summed E-state index contributed by atoms with van der Waals surface area (Å²) in [5.74, 6) is 11.7. The van der Waals surface area contributed by atoms with Crippen molar-refractivity contribution in [2.75, 3.05) is 13.1 Å². The highest BCUT2D eigenvalue weighted by Gasteiger charge is 2.30. The molecule has 1 aliphatic rings. The zero-order chi connectivity index (χ0) is 13.1. The standard InChI is InChI=1S/C13H23N3O/c1-10-9-16(7-5-6-13(3,4)17)11(2)8-12(10)15-14/h10-11,17H,7-9,14H2,1-4H3/p+1/t10-,11-/m1/s1. The Balaban J connectivity index is 2.58. The number of aliphatic hydroxyl groups is 1. The number of hydrogen-bond acceptors (Lipinski definition) is 3. The highest BCUT2D eigenvalue weighted by Crippen LogP contribution is 2.07. The number of hydrogen-bond donors (Lipinski definition) is 3. The van der Waals surface area contributed by atoms with Crippen LogP contribution in [0.25, 0.3) is 0 Å². The molecular formula is C13H24N3O+. The molecule has 0 aliphatic carbocycles.